The monoisotopic (exact) mass is 282 g/mol. The van der Waals surface area contributed by atoms with Crippen LogP contribution in [0.4, 0.5) is 0 Å². The lowest BCUT2D eigenvalue weighted by molar-refractivity contribution is -0.137. The number of H-pyrrole nitrogens is 1. The summed E-state index contributed by atoms with van der Waals surface area (Å²) < 4.78 is 0. The molecular weight excluding hydrogens is 268 g/mol. The smallest absolute Gasteiger partial charge is 0.256 e. The van der Waals surface area contributed by atoms with Crippen molar-refractivity contribution in [3.05, 3.63) is 45.9 Å². The summed E-state index contributed by atoms with van der Waals surface area (Å²) >= 11 is 0. The molecule has 0 radical (unpaired) electrons. The van der Waals surface area contributed by atoms with Crippen LogP contribution in [-0.2, 0) is 16.0 Å². The van der Waals surface area contributed by atoms with Crippen molar-refractivity contribution in [3.63, 3.8) is 0 Å². The standard InChI is InChI=1S/C16H14N2O3/c1-18-15(20)11-7-6-9-8-4-2-3-5-10(8)14(19)17-13(9)12(11)16(18)21/h2-5,11-12H,6-7H2,1H3,(H,17,19)/t11-,12-/m0/s1. The maximum Gasteiger partial charge on any atom is 0.256 e. The third kappa shape index (κ3) is 1.48. The number of fused-ring (bicyclic) bond motifs is 5. The molecule has 5 nitrogen and oxygen atoms in total. The molecule has 2 heterocycles. The van der Waals surface area contributed by atoms with Gasteiger partial charge < -0.3 is 4.98 Å². The quantitative estimate of drug-likeness (QED) is 0.737. The zero-order valence-corrected chi connectivity index (χ0v) is 11.6. The number of carbonyl (C=O) groups excluding carboxylic acids is 2. The van der Waals surface area contributed by atoms with Gasteiger partial charge in [0.1, 0.15) is 0 Å². The molecule has 0 spiro atoms. The van der Waals surface area contributed by atoms with Crippen LogP contribution in [0.2, 0.25) is 0 Å². The molecule has 0 saturated carbocycles. The average Bonchev–Trinajstić information content (AvgIpc) is 2.72. The van der Waals surface area contributed by atoms with E-state index >= 15 is 0 Å². The van der Waals surface area contributed by atoms with Crippen LogP contribution in [0.5, 0.6) is 0 Å². The molecule has 5 heteroatoms. The minimum Gasteiger partial charge on any atom is -0.325 e. The highest BCUT2D eigenvalue weighted by Gasteiger charge is 2.49. The van der Waals surface area contributed by atoms with Crippen molar-refractivity contribution >= 4 is 22.6 Å². The predicted octanol–water partition coefficient (Wildman–Crippen LogP) is 1.17. The lowest BCUT2D eigenvalue weighted by atomic mass is 9.78. The first-order valence-corrected chi connectivity index (χ1v) is 7.05. The summed E-state index contributed by atoms with van der Waals surface area (Å²) in [6.07, 6.45) is 1.36. The van der Waals surface area contributed by atoms with Gasteiger partial charge in [-0.25, -0.2) is 0 Å². The lowest BCUT2D eigenvalue weighted by Gasteiger charge is -2.25. The summed E-state index contributed by atoms with van der Waals surface area (Å²) in [5.74, 6) is -1.20. The van der Waals surface area contributed by atoms with Crippen LogP contribution in [0.15, 0.2) is 29.1 Å². The molecule has 1 aromatic carbocycles. The second-order valence-corrected chi connectivity index (χ2v) is 5.75. The third-order valence-electron chi connectivity index (χ3n) is 4.73. The molecule has 4 rings (SSSR count). The molecule has 2 atom stereocenters. The van der Waals surface area contributed by atoms with E-state index in [9.17, 15) is 14.4 Å². The molecule has 1 N–H and O–H groups in total. The van der Waals surface area contributed by atoms with E-state index in [0.29, 0.717) is 23.9 Å². The van der Waals surface area contributed by atoms with Crippen LogP contribution in [0.25, 0.3) is 10.8 Å². The zero-order chi connectivity index (χ0) is 14.7. The maximum absolute atomic E-state index is 12.3. The summed E-state index contributed by atoms with van der Waals surface area (Å²) in [7, 11) is 1.52. The van der Waals surface area contributed by atoms with Crippen molar-refractivity contribution in [2.24, 2.45) is 5.92 Å². The Labute approximate surface area is 120 Å². The first-order valence-electron chi connectivity index (χ1n) is 7.05. The third-order valence-corrected chi connectivity index (χ3v) is 4.73. The van der Waals surface area contributed by atoms with Crippen molar-refractivity contribution in [2.45, 2.75) is 18.8 Å². The highest BCUT2D eigenvalue weighted by atomic mass is 16.2. The van der Waals surface area contributed by atoms with E-state index in [1.807, 2.05) is 18.2 Å². The molecule has 1 aromatic heterocycles. The number of aryl methyl sites for hydroxylation is 1. The Hall–Kier alpha value is -2.43. The van der Waals surface area contributed by atoms with Gasteiger partial charge in [-0.15, -0.1) is 0 Å². The molecule has 2 aromatic rings. The van der Waals surface area contributed by atoms with Gasteiger partial charge in [0.25, 0.3) is 5.56 Å². The number of hydrogen-bond acceptors (Lipinski definition) is 3. The number of amides is 2. The minimum absolute atomic E-state index is 0.135. The molecule has 0 unspecified atom stereocenters. The van der Waals surface area contributed by atoms with Crippen LogP contribution in [0.3, 0.4) is 0 Å². The Bertz CT molecular complexity index is 852. The van der Waals surface area contributed by atoms with Gasteiger partial charge in [-0.3, -0.25) is 19.3 Å². The number of likely N-dealkylation sites (tertiary alicyclic amines) is 1. The number of imide groups is 1. The SMILES string of the molecule is CN1C(=O)[C@H]2CCc3c([nH]c(=O)c4ccccc34)[C@H]2C1=O. The molecule has 1 saturated heterocycles. The van der Waals surface area contributed by atoms with E-state index < -0.39 is 5.92 Å². The van der Waals surface area contributed by atoms with Gasteiger partial charge in [0.05, 0.1) is 11.8 Å². The first kappa shape index (κ1) is 12.3. The van der Waals surface area contributed by atoms with Gasteiger partial charge in [-0.2, -0.15) is 0 Å². The highest BCUT2D eigenvalue weighted by molar-refractivity contribution is 6.08. The number of aromatic amines is 1. The molecule has 106 valence electrons. The summed E-state index contributed by atoms with van der Waals surface area (Å²) in [4.78, 5) is 40.8. The topological polar surface area (TPSA) is 70.2 Å². The van der Waals surface area contributed by atoms with Crippen LogP contribution in [0.1, 0.15) is 23.6 Å². The second kappa shape index (κ2) is 4.04. The van der Waals surface area contributed by atoms with Gasteiger partial charge in [-0.1, -0.05) is 18.2 Å². The van der Waals surface area contributed by atoms with E-state index in [-0.39, 0.29) is 23.3 Å². The Morgan fingerprint density at radius 2 is 1.81 bits per heavy atom. The van der Waals surface area contributed by atoms with Crippen molar-refractivity contribution in [1.29, 1.82) is 0 Å². The van der Waals surface area contributed by atoms with Crippen molar-refractivity contribution in [3.8, 4) is 0 Å². The van der Waals surface area contributed by atoms with Crippen LogP contribution in [0, 0.1) is 5.92 Å². The fourth-order valence-electron chi connectivity index (χ4n) is 3.68. The first-order chi connectivity index (χ1) is 10.1. The molecular formula is C16H14N2O3. The molecule has 2 aliphatic rings. The maximum atomic E-state index is 12.3. The number of hydrogen-bond donors (Lipinski definition) is 1. The van der Waals surface area contributed by atoms with E-state index in [1.54, 1.807) is 6.07 Å². The normalized spacial score (nSPS) is 24.3. The van der Waals surface area contributed by atoms with Gasteiger partial charge in [0.15, 0.2) is 0 Å². The van der Waals surface area contributed by atoms with E-state index in [1.165, 1.54) is 11.9 Å². The van der Waals surface area contributed by atoms with Gasteiger partial charge in [0, 0.05) is 18.1 Å². The van der Waals surface area contributed by atoms with Crippen LogP contribution >= 0.6 is 0 Å². The average molecular weight is 282 g/mol. The second-order valence-electron chi connectivity index (χ2n) is 5.75. The molecule has 1 aliphatic heterocycles. The van der Waals surface area contributed by atoms with Gasteiger partial charge in [-0.05, 0) is 29.9 Å². The van der Waals surface area contributed by atoms with Crippen molar-refractivity contribution in [1.82, 2.24) is 9.88 Å². The molecule has 1 aliphatic carbocycles. The number of rotatable bonds is 0. The molecule has 0 bridgehead atoms. The zero-order valence-electron chi connectivity index (χ0n) is 11.6. The number of pyridine rings is 1. The molecule has 1 fully saturated rings. The number of carbonyl (C=O) groups is 2. The Kier molecular flexibility index (Phi) is 2.37. The lowest BCUT2D eigenvalue weighted by Crippen LogP contribution is -2.27. The summed E-state index contributed by atoms with van der Waals surface area (Å²) in [5.41, 5.74) is 1.44. The van der Waals surface area contributed by atoms with Gasteiger partial charge >= 0.3 is 0 Å². The minimum atomic E-state index is -0.524. The number of likely N-dealkylation sites (N-methyl/N-ethyl adjacent to an activating group) is 1. The van der Waals surface area contributed by atoms with Crippen molar-refractivity contribution < 1.29 is 9.59 Å². The number of nitrogens with one attached hydrogen (secondary N) is 1. The predicted molar refractivity (Wildman–Crippen MR) is 76.9 cm³/mol. The summed E-state index contributed by atoms with van der Waals surface area (Å²) in [5, 5.41) is 1.53. The Balaban J connectivity index is 2.03. The van der Waals surface area contributed by atoms with E-state index in [2.05, 4.69) is 4.98 Å². The number of nitrogens with zero attached hydrogens (tertiary/aromatic N) is 1. The van der Waals surface area contributed by atoms with Crippen LogP contribution in [-0.4, -0.2) is 28.7 Å². The number of benzene rings is 1. The summed E-state index contributed by atoms with van der Waals surface area (Å²) in [6.45, 7) is 0. The molecule has 21 heavy (non-hydrogen) atoms. The summed E-state index contributed by atoms with van der Waals surface area (Å²) in [6, 6.07) is 7.42. The van der Waals surface area contributed by atoms with E-state index in [0.717, 1.165) is 10.9 Å². The van der Waals surface area contributed by atoms with Crippen LogP contribution < -0.4 is 5.56 Å². The van der Waals surface area contributed by atoms with E-state index in [4.69, 9.17) is 0 Å². The van der Waals surface area contributed by atoms with Crippen molar-refractivity contribution in [2.75, 3.05) is 7.05 Å². The largest absolute Gasteiger partial charge is 0.325 e. The molecule has 2 amide bonds. The highest BCUT2D eigenvalue weighted by Crippen LogP contribution is 2.42. The Morgan fingerprint density at radius 1 is 1.10 bits per heavy atom. The fraction of sp³-hybridized carbons (Fsp3) is 0.312. The number of aromatic nitrogens is 1. The van der Waals surface area contributed by atoms with Gasteiger partial charge in [0.2, 0.25) is 11.8 Å². The Morgan fingerprint density at radius 3 is 2.57 bits per heavy atom. The fourth-order valence-corrected chi connectivity index (χ4v) is 3.68.